The Hall–Kier alpha value is -1.09. The van der Waals surface area contributed by atoms with Crippen LogP contribution in [0.3, 0.4) is 0 Å². The number of pyridine rings is 1. The van der Waals surface area contributed by atoms with E-state index >= 15 is 0 Å². The van der Waals surface area contributed by atoms with Crippen LogP contribution in [-0.2, 0) is 0 Å². The molecule has 1 N–H and O–H groups in total. The minimum Gasteiger partial charge on any atom is -0.371 e. The van der Waals surface area contributed by atoms with Gasteiger partial charge in [-0.3, -0.25) is 4.98 Å². The molecule has 1 aromatic rings. The van der Waals surface area contributed by atoms with Gasteiger partial charge in [-0.25, -0.2) is 0 Å². The summed E-state index contributed by atoms with van der Waals surface area (Å²) in [6, 6.07) is 5.72. The summed E-state index contributed by atoms with van der Waals surface area (Å²) in [5.74, 6) is 0. The third-order valence-electron chi connectivity index (χ3n) is 5.33. The average molecular weight is 287 g/mol. The van der Waals surface area contributed by atoms with E-state index in [1.54, 1.807) is 0 Å². The van der Waals surface area contributed by atoms with Gasteiger partial charge in [-0.15, -0.1) is 0 Å². The van der Waals surface area contributed by atoms with Crippen LogP contribution in [0.4, 0.5) is 5.69 Å². The molecule has 0 spiro atoms. The molecule has 3 nitrogen and oxygen atoms in total. The Morgan fingerprint density at radius 1 is 1.00 bits per heavy atom. The highest BCUT2D eigenvalue weighted by atomic mass is 15.1. The molecule has 1 aromatic heterocycles. The maximum Gasteiger partial charge on any atom is 0.0397 e. The molecule has 0 amide bonds. The number of hydrogen-bond acceptors (Lipinski definition) is 3. The van der Waals surface area contributed by atoms with Crippen LogP contribution in [0.25, 0.3) is 0 Å². The fraction of sp³-hybridized carbons (Fsp3) is 0.722. The van der Waals surface area contributed by atoms with Crippen molar-refractivity contribution >= 4 is 5.69 Å². The summed E-state index contributed by atoms with van der Waals surface area (Å²) in [4.78, 5) is 6.60. The molecule has 0 aromatic carbocycles. The fourth-order valence-electron chi connectivity index (χ4n) is 3.76. The molecule has 21 heavy (non-hydrogen) atoms. The van der Waals surface area contributed by atoms with Gasteiger partial charge in [0, 0.05) is 43.3 Å². The SMILES string of the molecule is CC1(C)CCC(NC2CCN(c3ccncc3)CC2)CC1. The van der Waals surface area contributed by atoms with Crippen LogP contribution in [0.2, 0.25) is 0 Å². The van der Waals surface area contributed by atoms with Crippen LogP contribution in [0.5, 0.6) is 0 Å². The average Bonchev–Trinajstić information content (AvgIpc) is 2.51. The van der Waals surface area contributed by atoms with Gasteiger partial charge in [-0.05, 0) is 56.1 Å². The highest BCUT2D eigenvalue weighted by Crippen LogP contribution is 2.35. The zero-order valence-electron chi connectivity index (χ0n) is 13.5. The van der Waals surface area contributed by atoms with Crippen molar-refractivity contribution in [3.8, 4) is 0 Å². The maximum absolute atomic E-state index is 4.11. The Bertz CT molecular complexity index is 425. The van der Waals surface area contributed by atoms with Gasteiger partial charge < -0.3 is 10.2 Å². The standard InChI is InChI=1S/C18H29N3/c1-18(2)9-3-15(4-10-18)20-16-7-13-21(14-8-16)17-5-11-19-12-6-17/h5-6,11-12,15-16,20H,3-4,7-10,13-14H2,1-2H3. The summed E-state index contributed by atoms with van der Waals surface area (Å²) in [5, 5.41) is 3.93. The summed E-state index contributed by atoms with van der Waals surface area (Å²) in [6.45, 7) is 7.16. The van der Waals surface area contributed by atoms with Gasteiger partial charge in [0.05, 0.1) is 0 Å². The number of rotatable bonds is 3. The summed E-state index contributed by atoms with van der Waals surface area (Å²) in [5.41, 5.74) is 1.89. The highest BCUT2D eigenvalue weighted by molar-refractivity contribution is 5.44. The van der Waals surface area contributed by atoms with Crippen molar-refractivity contribution in [3.63, 3.8) is 0 Å². The molecule has 0 unspecified atom stereocenters. The molecule has 0 radical (unpaired) electrons. The van der Waals surface area contributed by atoms with E-state index in [1.807, 2.05) is 12.4 Å². The molecule has 1 saturated heterocycles. The lowest BCUT2D eigenvalue weighted by molar-refractivity contribution is 0.193. The molecule has 116 valence electrons. The first-order chi connectivity index (χ1) is 10.1. The van der Waals surface area contributed by atoms with Crippen LogP contribution in [-0.4, -0.2) is 30.2 Å². The van der Waals surface area contributed by atoms with Crippen molar-refractivity contribution in [2.24, 2.45) is 5.41 Å². The first-order valence-corrected chi connectivity index (χ1v) is 8.53. The molecule has 2 heterocycles. The van der Waals surface area contributed by atoms with Crippen molar-refractivity contribution in [2.45, 2.75) is 64.5 Å². The largest absolute Gasteiger partial charge is 0.371 e. The van der Waals surface area contributed by atoms with E-state index in [0.29, 0.717) is 11.5 Å². The van der Waals surface area contributed by atoms with E-state index in [1.165, 1.54) is 57.3 Å². The van der Waals surface area contributed by atoms with Gasteiger partial charge in [0.15, 0.2) is 0 Å². The first-order valence-electron chi connectivity index (χ1n) is 8.53. The predicted octanol–water partition coefficient (Wildman–Crippen LogP) is 3.61. The molecule has 1 aliphatic heterocycles. The van der Waals surface area contributed by atoms with Gasteiger partial charge in [-0.1, -0.05) is 13.8 Å². The van der Waals surface area contributed by atoms with Crippen molar-refractivity contribution in [3.05, 3.63) is 24.5 Å². The van der Waals surface area contributed by atoms with E-state index in [9.17, 15) is 0 Å². The van der Waals surface area contributed by atoms with Gasteiger partial charge in [0.1, 0.15) is 0 Å². The second-order valence-electron chi connectivity index (χ2n) is 7.57. The van der Waals surface area contributed by atoms with Crippen LogP contribution >= 0.6 is 0 Å². The fourth-order valence-corrected chi connectivity index (χ4v) is 3.76. The number of nitrogens with zero attached hydrogens (tertiary/aromatic N) is 2. The third kappa shape index (κ3) is 3.97. The van der Waals surface area contributed by atoms with Gasteiger partial charge >= 0.3 is 0 Å². The van der Waals surface area contributed by atoms with Crippen LogP contribution < -0.4 is 10.2 Å². The maximum atomic E-state index is 4.11. The van der Waals surface area contributed by atoms with E-state index < -0.39 is 0 Å². The number of aromatic nitrogens is 1. The van der Waals surface area contributed by atoms with Crippen molar-refractivity contribution < 1.29 is 0 Å². The summed E-state index contributed by atoms with van der Waals surface area (Å²) >= 11 is 0. The Balaban J connectivity index is 1.44. The Kier molecular flexibility index (Phi) is 4.48. The highest BCUT2D eigenvalue weighted by Gasteiger charge is 2.29. The van der Waals surface area contributed by atoms with Crippen LogP contribution in [0, 0.1) is 5.41 Å². The Labute approximate surface area is 129 Å². The molecule has 2 aliphatic rings. The topological polar surface area (TPSA) is 28.2 Å². The normalized spacial score (nSPS) is 24.2. The number of piperidine rings is 1. The lowest BCUT2D eigenvalue weighted by Crippen LogP contribution is -2.47. The lowest BCUT2D eigenvalue weighted by Gasteiger charge is -2.39. The Morgan fingerprint density at radius 3 is 2.19 bits per heavy atom. The second-order valence-corrected chi connectivity index (χ2v) is 7.57. The van der Waals surface area contributed by atoms with Crippen molar-refractivity contribution in [1.29, 1.82) is 0 Å². The molecule has 0 bridgehead atoms. The second kappa shape index (κ2) is 6.35. The number of hydrogen-bond donors (Lipinski definition) is 1. The molecule has 0 atom stereocenters. The van der Waals surface area contributed by atoms with Gasteiger partial charge in [0.25, 0.3) is 0 Å². The third-order valence-corrected chi connectivity index (χ3v) is 5.33. The predicted molar refractivity (Wildman–Crippen MR) is 88.6 cm³/mol. The molecule has 3 heteroatoms. The molecule has 1 aliphatic carbocycles. The van der Waals surface area contributed by atoms with Gasteiger partial charge in [0.2, 0.25) is 0 Å². The summed E-state index contributed by atoms with van der Waals surface area (Å²) < 4.78 is 0. The molecule has 3 rings (SSSR count). The lowest BCUT2D eigenvalue weighted by atomic mass is 9.75. The van der Waals surface area contributed by atoms with Crippen LogP contribution in [0.15, 0.2) is 24.5 Å². The van der Waals surface area contributed by atoms with Crippen molar-refractivity contribution in [1.82, 2.24) is 10.3 Å². The monoisotopic (exact) mass is 287 g/mol. The van der Waals surface area contributed by atoms with Crippen LogP contribution in [0.1, 0.15) is 52.4 Å². The van der Waals surface area contributed by atoms with E-state index in [0.717, 1.165) is 6.04 Å². The zero-order chi connectivity index (χ0) is 14.7. The summed E-state index contributed by atoms with van der Waals surface area (Å²) in [6.07, 6.45) is 11.8. The smallest absolute Gasteiger partial charge is 0.0397 e. The van der Waals surface area contributed by atoms with E-state index in [2.05, 4.69) is 41.2 Å². The van der Waals surface area contributed by atoms with Crippen molar-refractivity contribution in [2.75, 3.05) is 18.0 Å². The van der Waals surface area contributed by atoms with Gasteiger partial charge in [-0.2, -0.15) is 0 Å². The number of nitrogens with one attached hydrogen (secondary N) is 1. The number of anilines is 1. The van der Waals surface area contributed by atoms with E-state index in [-0.39, 0.29) is 0 Å². The van der Waals surface area contributed by atoms with E-state index in [4.69, 9.17) is 0 Å². The Morgan fingerprint density at radius 2 is 1.57 bits per heavy atom. The molecular formula is C18H29N3. The molecule has 1 saturated carbocycles. The first kappa shape index (κ1) is 14.8. The zero-order valence-corrected chi connectivity index (χ0v) is 13.5. The summed E-state index contributed by atoms with van der Waals surface area (Å²) in [7, 11) is 0. The minimum absolute atomic E-state index is 0.572. The molecular weight excluding hydrogens is 258 g/mol. The quantitative estimate of drug-likeness (QED) is 0.920. The molecule has 2 fully saturated rings. The minimum atomic E-state index is 0.572.